The predicted octanol–water partition coefficient (Wildman–Crippen LogP) is 5.23. The molecule has 2 rings (SSSR count). The summed E-state index contributed by atoms with van der Waals surface area (Å²) in [6.07, 6.45) is 12.5. The normalized spacial score (nSPS) is 20.8. The highest BCUT2D eigenvalue weighted by Gasteiger charge is 2.33. The predicted molar refractivity (Wildman–Crippen MR) is 80.8 cm³/mol. The average Bonchev–Trinajstić information content (AvgIpc) is 2.47. The molecule has 0 saturated carbocycles. The van der Waals surface area contributed by atoms with Crippen molar-refractivity contribution >= 4 is 6.08 Å². The van der Waals surface area contributed by atoms with Crippen LogP contribution in [0.2, 0.25) is 0 Å². The Kier molecular flexibility index (Phi) is 4.80. The van der Waals surface area contributed by atoms with Gasteiger partial charge in [-0.05, 0) is 24.0 Å². The summed E-state index contributed by atoms with van der Waals surface area (Å²) in [6, 6.07) is 11.0. The first-order chi connectivity index (χ1) is 9.32. The molecule has 1 atom stereocenters. The van der Waals surface area contributed by atoms with Crippen molar-refractivity contribution in [3.8, 4) is 6.07 Å². The molecule has 0 aliphatic heterocycles. The summed E-state index contributed by atoms with van der Waals surface area (Å²) in [5.41, 5.74) is 2.18. The Bertz CT molecular complexity index is 481. The highest BCUT2D eigenvalue weighted by molar-refractivity contribution is 5.61. The second-order valence-electron chi connectivity index (χ2n) is 5.55. The summed E-state index contributed by atoms with van der Waals surface area (Å²) >= 11 is 0. The number of nitriles is 1. The fourth-order valence-electron chi connectivity index (χ4n) is 3.00. The SMILES string of the molecule is CCCCCCCC1(C#N)CC=Cc2ccccc21. The van der Waals surface area contributed by atoms with Crippen LogP contribution < -0.4 is 0 Å². The first-order valence-corrected chi connectivity index (χ1v) is 7.50. The maximum atomic E-state index is 9.71. The Morgan fingerprint density at radius 2 is 1.95 bits per heavy atom. The van der Waals surface area contributed by atoms with Crippen LogP contribution in [0.25, 0.3) is 6.08 Å². The third-order valence-electron chi connectivity index (χ3n) is 4.16. The lowest BCUT2D eigenvalue weighted by Gasteiger charge is -2.30. The molecule has 0 bridgehead atoms. The van der Waals surface area contributed by atoms with E-state index >= 15 is 0 Å². The molecule has 1 aromatic carbocycles. The molecule has 0 saturated heterocycles. The molecule has 1 unspecified atom stereocenters. The number of unbranched alkanes of at least 4 members (excludes halogenated alkanes) is 4. The molecule has 1 nitrogen and oxygen atoms in total. The number of hydrogen-bond donors (Lipinski definition) is 0. The summed E-state index contributed by atoms with van der Waals surface area (Å²) in [6.45, 7) is 2.24. The fraction of sp³-hybridized carbons (Fsp3) is 0.500. The minimum atomic E-state index is -0.280. The Morgan fingerprint density at radius 3 is 2.74 bits per heavy atom. The van der Waals surface area contributed by atoms with Crippen molar-refractivity contribution in [2.45, 2.75) is 57.3 Å². The van der Waals surface area contributed by atoms with Gasteiger partial charge in [0.05, 0.1) is 11.5 Å². The molecular weight excluding hydrogens is 230 g/mol. The molecular formula is C18H23N. The van der Waals surface area contributed by atoms with E-state index in [1.165, 1.54) is 36.8 Å². The van der Waals surface area contributed by atoms with Crippen LogP contribution in [0.1, 0.15) is 63.0 Å². The number of rotatable bonds is 6. The summed E-state index contributed by atoms with van der Waals surface area (Å²) in [5, 5.41) is 9.71. The summed E-state index contributed by atoms with van der Waals surface area (Å²) in [4.78, 5) is 0. The standard InChI is InChI=1S/C18H23N/c1-2-3-4-5-8-13-18(15-19)14-9-11-16-10-6-7-12-17(16)18/h6-7,9-12H,2-5,8,13-14H2,1H3. The van der Waals surface area contributed by atoms with Gasteiger partial charge in [0.1, 0.15) is 0 Å². The molecule has 0 amide bonds. The van der Waals surface area contributed by atoms with Crippen molar-refractivity contribution in [3.63, 3.8) is 0 Å². The zero-order valence-corrected chi connectivity index (χ0v) is 11.9. The molecule has 0 fully saturated rings. The van der Waals surface area contributed by atoms with Gasteiger partial charge in [-0.25, -0.2) is 0 Å². The number of allylic oxidation sites excluding steroid dienone is 1. The molecule has 0 aromatic heterocycles. The van der Waals surface area contributed by atoms with Crippen LogP contribution in [0.5, 0.6) is 0 Å². The Hall–Kier alpha value is -1.55. The van der Waals surface area contributed by atoms with Crippen molar-refractivity contribution in [1.29, 1.82) is 5.26 Å². The summed E-state index contributed by atoms with van der Waals surface area (Å²) < 4.78 is 0. The summed E-state index contributed by atoms with van der Waals surface area (Å²) in [5.74, 6) is 0. The van der Waals surface area contributed by atoms with Crippen LogP contribution in [0.15, 0.2) is 30.3 Å². The molecule has 0 radical (unpaired) electrons. The zero-order valence-electron chi connectivity index (χ0n) is 11.9. The van der Waals surface area contributed by atoms with Crippen LogP contribution in [0.4, 0.5) is 0 Å². The molecule has 19 heavy (non-hydrogen) atoms. The van der Waals surface area contributed by atoms with E-state index in [2.05, 4.69) is 49.4 Å². The van der Waals surface area contributed by atoms with E-state index in [0.717, 1.165) is 19.3 Å². The molecule has 0 heterocycles. The zero-order chi connectivity index (χ0) is 13.6. The van der Waals surface area contributed by atoms with E-state index in [0.29, 0.717) is 0 Å². The van der Waals surface area contributed by atoms with Gasteiger partial charge in [-0.2, -0.15) is 5.26 Å². The minimum Gasteiger partial charge on any atom is -0.197 e. The van der Waals surface area contributed by atoms with E-state index in [-0.39, 0.29) is 5.41 Å². The van der Waals surface area contributed by atoms with Crippen LogP contribution >= 0.6 is 0 Å². The monoisotopic (exact) mass is 253 g/mol. The largest absolute Gasteiger partial charge is 0.197 e. The Balaban J connectivity index is 2.07. The van der Waals surface area contributed by atoms with Crippen LogP contribution in [0, 0.1) is 11.3 Å². The van der Waals surface area contributed by atoms with E-state index in [9.17, 15) is 5.26 Å². The second-order valence-corrected chi connectivity index (χ2v) is 5.55. The lowest BCUT2D eigenvalue weighted by atomic mass is 9.70. The first-order valence-electron chi connectivity index (χ1n) is 7.50. The van der Waals surface area contributed by atoms with Gasteiger partial charge in [0, 0.05) is 0 Å². The number of benzene rings is 1. The van der Waals surface area contributed by atoms with E-state index in [4.69, 9.17) is 0 Å². The van der Waals surface area contributed by atoms with E-state index in [1.807, 2.05) is 0 Å². The summed E-state index contributed by atoms with van der Waals surface area (Å²) in [7, 11) is 0. The van der Waals surface area contributed by atoms with Gasteiger partial charge in [0.15, 0.2) is 0 Å². The number of hydrogen-bond acceptors (Lipinski definition) is 1. The smallest absolute Gasteiger partial charge is 0.0862 e. The van der Waals surface area contributed by atoms with Crippen LogP contribution in [-0.4, -0.2) is 0 Å². The van der Waals surface area contributed by atoms with Crippen molar-refractivity contribution in [3.05, 3.63) is 41.5 Å². The van der Waals surface area contributed by atoms with Gasteiger partial charge in [-0.3, -0.25) is 0 Å². The molecule has 0 spiro atoms. The third-order valence-corrected chi connectivity index (χ3v) is 4.16. The van der Waals surface area contributed by atoms with Gasteiger partial charge in [0.2, 0.25) is 0 Å². The quantitative estimate of drug-likeness (QED) is 0.637. The van der Waals surface area contributed by atoms with Gasteiger partial charge in [-0.1, -0.05) is 75.4 Å². The molecule has 1 aliphatic carbocycles. The average molecular weight is 253 g/mol. The molecule has 100 valence electrons. The minimum absolute atomic E-state index is 0.280. The molecule has 1 heteroatoms. The lowest BCUT2D eigenvalue weighted by molar-refractivity contribution is 0.464. The van der Waals surface area contributed by atoms with Crippen molar-refractivity contribution in [1.82, 2.24) is 0 Å². The Labute approximate surface area is 117 Å². The fourth-order valence-corrected chi connectivity index (χ4v) is 3.00. The van der Waals surface area contributed by atoms with Crippen molar-refractivity contribution < 1.29 is 0 Å². The van der Waals surface area contributed by atoms with Gasteiger partial charge >= 0.3 is 0 Å². The third kappa shape index (κ3) is 3.07. The number of fused-ring (bicyclic) bond motifs is 1. The molecule has 1 aromatic rings. The van der Waals surface area contributed by atoms with Crippen molar-refractivity contribution in [2.75, 3.05) is 0 Å². The highest BCUT2D eigenvalue weighted by Crippen LogP contribution is 2.39. The van der Waals surface area contributed by atoms with Gasteiger partial charge in [0.25, 0.3) is 0 Å². The maximum Gasteiger partial charge on any atom is 0.0862 e. The van der Waals surface area contributed by atoms with Crippen LogP contribution in [-0.2, 0) is 5.41 Å². The lowest BCUT2D eigenvalue weighted by Crippen LogP contribution is -2.26. The van der Waals surface area contributed by atoms with Crippen molar-refractivity contribution in [2.24, 2.45) is 0 Å². The number of nitrogens with zero attached hydrogens (tertiary/aromatic N) is 1. The van der Waals surface area contributed by atoms with Crippen LogP contribution in [0.3, 0.4) is 0 Å². The first kappa shape index (κ1) is 13.9. The van der Waals surface area contributed by atoms with E-state index < -0.39 is 0 Å². The van der Waals surface area contributed by atoms with Gasteiger partial charge in [-0.15, -0.1) is 0 Å². The second kappa shape index (κ2) is 6.57. The highest BCUT2D eigenvalue weighted by atomic mass is 14.4. The molecule has 1 aliphatic rings. The molecule has 0 N–H and O–H groups in total. The topological polar surface area (TPSA) is 23.8 Å². The maximum absolute atomic E-state index is 9.71. The van der Waals surface area contributed by atoms with Gasteiger partial charge < -0.3 is 0 Å². The van der Waals surface area contributed by atoms with E-state index in [1.54, 1.807) is 0 Å². The Morgan fingerprint density at radius 1 is 1.16 bits per heavy atom.